The van der Waals surface area contributed by atoms with Crippen molar-refractivity contribution < 1.29 is 27.0 Å². The lowest BCUT2D eigenvalue weighted by Gasteiger charge is -2.29. The molecule has 0 aromatic heterocycles. The van der Waals surface area contributed by atoms with Crippen molar-refractivity contribution >= 4 is 19.9 Å². The zero-order valence-corrected chi connectivity index (χ0v) is 14.6. The molecule has 1 heterocycles. The third kappa shape index (κ3) is 3.74. The second kappa shape index (κ2) is 6.48. The number of sulfone groups is 1. The number of aliphatic hydroxyl groups excluding tert-OH is 2. The molecule has 1 aliphatic rings. The van der Waals surface area contributed by atoms with E-state index in [1.54, 1.807) is 19.1 Å². The van der Waals surface area contributed by atoms with Gasteiger partial charge in [-0.2, -0.15) is 4.31 Å². The molecule has 1 fully saturated rings. The minimum absolute atomic E-state index is 0.0491. The Morgan fingerprint density at radius 2 is 1.91 bits per heavy atom. The highest BCUT2D eigenvalue weighted by Gasteiger charge is 2.44. The van der Waals surface area contributed by atoms with Crippen LogP contribution in [0, 0.1) is 13.8 Å². The summed E-state index contributed by atoms with van der Waals surface area (Å²) >= 11 is 0. The molecule has 9 heteroatoms. The number of nitrogens with zero attached hydrogens (tertiary/aromatic N) is 1. The molecule has 1 aliphatic heterocycles. The molecule has 0 bridgehead atoms. The van der Waals surface area contributed by atoms with E-state index in [0.29, 0.717) is 5.56 Å². The Hall–Kier alpha value is -1.00. The highest BCUT2D eigenvalue weighted by atomic mass is 32.2. The molecular formula is C14H21NO6S2. The first-order chi connectivity index (χ1) is 10.6. The molecule has 1 saturated heterocycles. The average Bonchev–Trinajstić information content (AvgIpc) is 2.68. The summed E-state index contributed by atoms with van der Waals surface area (Å²) in [6.45, 7) is 2.75. The van der Waals surface area contributed by atoms with Crippen molar-refractivity contribution in [1.82, 2.24) is 4.31 Å². The number of sulfonamides is 1. The highest BCUT2D eigenvalue weighted by molar-refractivity contribution is 7.92. The Labute approximate surface area is 136 Å². The summed E-state index contributed by atoms with van der Waals surface area (Å²) in [7, 11) is -7.53. The van der Waals surface area contributed by atoms with Gasteiger partial charge < -0.3 is 10.2 Å². The molecule has 2 N–H and O–H groups in total. The van der Waals surface area contributed by atoms with E-state index in [0.717, 1.165) is 9.87 Å². The monoisotopic (exact) mass is 363 g/mol. The smallest absolute Gasteiger partial charge is 0.243 e. The zero-order valence-electron chi connectivity index (χ0n) is 13.0. The van der Waals surface area contributed by atoms with Gasteiger partial charge in [0.15, 0.2) is 9.84 Å². The van der Waals surface area contributed by atoms with Crippen LogP contribution in [0.15, 0.2) is 23.1 Å². The van der Waals surface area contributed by atoms with Crippen LogP contribution in [0.25, 0.3) is 0 Å². The number of aryl methyl sites for hydroxylation is 2. The highest BCUT2D eigenvalue weighted by Crippen LogP contribution is 2.27. The van der Waals surface area contributed by atoms with Crippen LogP contribution in [0.1, 0.15) is 11.1 Å². The normalized spacial score (nSPS) is 24.2. The van der Waals surface area contributed by atoms with Crippen LogP contribution in [0.5, 0.6) is 0 Å². The lowest BCUT2D eigenvalue weighted by Crippen LogP contribution is -2.48. The predicted octanol–water partition coefficient (Wildman–Crippen LogP) is -0.556. The van der Waals surface area contributed by atoms with Crippen LogP contribution < -0.4 is 0 Å². The molecular weight excluding hydrogens is 342 g/mol. The zero-order chi connectivity index (χ0) is 17.4. The largest absolute Gasteiger partial charge is 0.395 e. The Balaban J connectivity index is 2.48. The maximum atomic E-state index is 12.9. The van der Waals surface area contributed by atoms with Crippen LogP contribution in [-0.4, -0.2) is 68.2 Å². The summed E-state index contributed by atoms with van der Waals surface area (Å²) < 4.78 is 50.1. The molecule has 0 radical (unpaired) electrons. The Bertz CT molecular complexity index is 787. The molecule has 1 aromatic rings. The van der Waals surface area contributed by atoms with Crippen LogP contribution in [-0.2, 0) is 19.9 Å². The molecule has 2 rings (SSSR count). The summed E-state index contributed by atoms with van der Waals surface area (Å²) in [5.74, 6) is -0.916. The second-order valence-corrected chi connectivity index (χ2v) is 9.83. The SMILES string of the molecule is Cc1ccc(S(=O)(=O)N(CCO)[C@H]2CS(=O)(=O)C[C@H]2O)c(C)c1. The van der Waals surface area contributed by atoms with Crippen LogP contribution in [0.3, 0.4) is 0 Å². The van der Waals surface area contributed by atoms with Crippen molar-refractivity contribution in [2.24, 2.45) is 0 Å². The quantitative estimate of drug-likeness (QED) is 0.726. The van der Waals surface area contributed by atoms with Gasteiger partial charge in [0.25, 0.3) is 0 Å². The van der Waals surface area contributed by atoms with Gasteiger partial charge in [-0.1, -0.05) is 17.7 Å². The summed E-state index contributed by atoms with van der Waals surface area (Å²) in [6.07, 6.45) is -1.30. The van der Waals surface area contributed by atoms with Crippen LogP contribution >= 0.6 is 0 Å². The molecule has 130 valence electrons. The maximum absolute atomic E-state index is 12.9. The first-order valence-corrected chi connectivity index (χ1v) is 10.4. The van der Waals surface area contributed by atoms with Gasteiger partial charge in [0, 0.05) is 6.54 Å². The van der Waals surface area contributed by atoms with Crippen molar-refractivity contribution in [2.75, 3.05) is 24.7 Å². The van der Waals surface area contributed by atoms with Crippen LogP contribution in [0.2, 0.25) is 0 Å². The van der Waals surface area contributed by atoms with Gasteiger partial charge in [-0.15, -0.1) is 0 Å². The molecule has 7 nitrogen and oxygen atoms in total. The lowest BCUT2D eigenvalue weighted by molar-refractivity contribution is 0.117. The van der Waals surface area contributed by atoms with Crippen molar-refractivity contribution in [3.05, 3.63) is 29.3 Å². The second-order valence-electron chi connectivity index (χ2n) is 5.82. The topological polar surface area (TPSA) is 112 Å². The van der Waals surface area contributed by atoms with E-state index in [1.807, 2.05) is 6.92 Å². The van der Waals surface area contributed by atoms with E-state index < -0.39 is 50.1 Å². The molecule has 2 atom stereocenters. The van der Waals surface area contributed by atoms with Gasteiger partial charge in [0.1, 0.15) is 0 Å². The fourth-order valence-electron chi connectivity index (χ4n) is 2.86. The fourth-order valence-corrected chi connectivity index (χ4v) is 6.61. The summed E-state index contributed by atoms with van der Waals surface area (Å²) in [4.78, 5) is 0.0491. The number of hydrogen-bond acceptors (Lipinski definition) is 6. The lowest BCUT2D eigenvalue weighted by atomic mass is 10.2. The Kier molecular flexibility index (Phi) is 5.17. The Morgan fingerprint density at radius 1 is 1.26 bits per heavy atom. The summed E-state index contributed by atoms with van der Waals surface area (Å²) in [5.41, 5.74) is 1.43. The van der Waals surface area contributed by atoms with E-state index in [-0.39, 0.29) is 11.4 Å². The first kappa shape index (κ1) is 18.3. The Morgan fingerprint density at radius 3 is 2.39 bits per heavy atom. The van der Waals surface area contributed by atoms with Crippen molar-refractivity contribution in [3.8, 4) is 0 Å². The number of hydrogen-bond donors (Lipinski definition) is 2. The third-order valence-corrected chi connectivity index (χ3v) is 7.68. The molecule has 0 aliphatic carbocycles. The summed E-state index contributed by atoms with van der Waals surface area (Å²) in [6, 6.07) is 3.74. The standard InChI is InChI=1S/C14H21NO6S2/c1-10-3-4-14(11(2)7-10)23(20,21)15(5-6-16)12-8-22(18,19)9-13(12)17/h3-4,7,12-13,16-17H,5-6,8-9H2,1-2H3/t12-,13+/m0/s1. The molecule has 0 spiro atoms. The van der Waals surface area contributed by atoms with Gasteiger partial charge in [-0.05, 0) is 25.5 Å². The first-order valence-electron chi connectivity index (χ1n) is 7.17. The molecule has 0 saturated carbocycles. The van der Waals surface area contributed by atoms with Gasteiger partial charge >= 0.3 is 0 Å². The maximum Gasteiger partial charge on any atom is 0.243 e. The van der Waals surface area contributed by atoms with Gasteiger partial charge in [-0.25, -0.2) is 16.8 Å². The number of benzene rings is 1. The fraction of sp³-hybridized carbons (Fsp3) is 0.571. The van der Waals surface area contributed by atoms with Gasteiger partial charge in [-0.3, -0.25) is 0 Å². The van der Waals surface area contributed by atoms with Crippen molar-refractivity contribution in [2.45, 2.75) is 30.9 Å². The van der Waals surface area contributed by atoms with E-state index in [2.05, 4.69) is 0 Å². The average molecular weight is 363 g/mol. The van der Waals surface area contributed by atoms with Gasteiger partial charge in [0.2, 0.25) is 10.0 Å². The van der Waals surface area contributed by atoms with E-state index >= 15 is 0 Å². The number of rotatable bonds is 5. The molecule has 1 aromatic carbocycles. The molecule has 23 heavy (non-hydrogen) atoms. The predicted molar refractivity (Wildman–Crippen MR) is 85.3 cm³/mol. The molecule has 0 amide bonds. The minimum Gasteiger partial charge on any atom is -0.395 e. The van der Waals surface area contributed by atoms with Crippen molar-refractivity contribution in [1.29, 1.82) is 0 Å². The van der Waals surface area contributed by atoms with Crippen molar-refractivity contribution in [3.63, 3.8) is 0 Å². The minimum atomic E-state index is -4.03. The van der Waals surface area contributed by atoms with E-state index in [9.17, 15) is 27.0 Å². The third-order valence-electron chi connectivity index (χ3n) is 3.90. The van der Waals surface area contributed by atoms with Crippen LogP contribution in [0.4, 0.5) is 0 Å². The van der Waals surface area contributed by atoms with E-state index in [4.69, 9.17) is 0 Å². The summed E-state index contributed by atoms with van der Waals surface area (Å²) in [5, 5.41) is 19.2. The van der Waals surface area contributed by atoms with Gasteiger partial charge in [0.05, 0.1) is 35.2 Å². The molecule has 0 unspecified atom stereocenters. The van der Waals surface area contributed by atoms with E-state index in [1.165, 1.54) is 6.07 Å². The number of aliphatic hydroxyl groups is 2.